The van der Waals surface area contributed by atoms with Crippen molar-refractivity contribution >= 4 is 49.4 Å². The highest BCUT2D eigenvalue weighted by atomic mass is 79.9. The molecule has 1 unspecified atom stereocenters. The van der Waals surface area contributed by atoms with Crippen LogP contribution in [0.15, 0.2) is 27.1 Å². The summed E-state index contributed by atoms with van der Waals surface area (Å²) in [6.07, 6.45) is 2.16. The van der Waals surface area contributed by atoms with Gasteiger partial charge in [-0.05, 0) is 37.0 Å². The van der Waals surface area contributed by atoms with Crippen molar-refractivity contribution in [3.05, 3.63) is 32.7 Å². The highest BCUT2D eigenvalue weighted by Crippen LogP contribution is 2.24. The fourth-order valence-electron chi connectivity index (χ4n) is 2.24. The Morgan fingerprint density at radius 3 is 2.61 bits per heavy atom. The first kappa shape index (κ1) is 14.4. The summed E-state index contributed by atoms with van der Waals surface area (Å²) in [4.78, 5) is 14.3. The van der Waals surface area contributed by atoms with E-state index in [-0.39, 0.29) is 5.91 Å². The third kappa shape index (κ3) is 3.49. The van der Waals surface area contributed by atoms with Crippen LogP contribution >= 0.6 is 43.5 Å². The molecule has 1 saturated heterocycles. The summed E-state index contributed by atoms with van der Waals surface area (Å²) >= 11 is 12.7. The Labute approximate surface area is 129 Å². The standard InChI is InChI=1S/C13H14Br2ClNO/c14-11-4-10(5-12(15)6-11)13(18)17-3-1-2-9(7-16)8-17/h4-6,9H,1-3,7-8H2. The number of benzene rings is 1. The lowest BCUT2D eigenvalue weighted by atomic mass is 9.99. The molecule has 1 atom stereocenters. The van der Waals surface area contributed by atoms with Crippen LogP contribution in [-0.4, -0.2) is 29.8 Å². The molecule has 5 heteroatoms. The van der Waals surface area contributed by atoms with Crippen molar-refractivity contribution in [1.82, 2.24) is 4.90 Å². The topological polar surface area (TPSA) is 20.3 Å². The van der Waals surface area contributed by atoms with E-state index in [1.807, 2.05) is 23.1 Å². The number of hydrogen-bond acceptors (Lipinski definition) is 1. The molecule has 0 aromatic heterocycles. The Balaban J connectivity index is 2.15. The number of carbonyl (C=O) groups excluding carboxylic acids is 1. The predicted octanol–water partition coefficient (Wildman–Crippen LogP) is 4.30. The minimum Gasteiger partial charge on any atom is -0.338 e. The van der Waals surface area contributed by atoms with Gasteiger partial charge >= 0.3 is 0 Å². The van der Waals surface area contributed by atoms with Crippen molar-refractivity contribution in [2.45, 2.75) is 12.8 Å². The maximum atomic E-state index is 12.4. The number of likely N-dealkylation sites (tertiary alicyclic amines) is 1. The van der Waals surface area contributed by atoms with Gasteiger partial charge in [0.25, 0.3) is 5.91 Å². The van der Waals surface area contributed by atoms with E-state index >= 15 is 0 Å². The van der Waals surface area contributed by atoms with Crippen molar-refractivity contribution in [3.63, 3.8) is 0 Å². The first-order valence-electron chi connectivity index (χ1n) is 5.91. The van der Waals surface area contributed by atoms with Gasteiger partial charge in [0.2, 0.25) is 0 Å². The highest BCUT2D eigenvalue weighted by Gasteiger charge is 2.24. The number of rotatable bonds is 2. The minimum atomic E-state index is 0.0896. The summed E-state index contributed by atoms with van der Waals surface area (Å²) in [5.41, 5.74) is 0.714. The molecule has 0 N–H and O–H groups in total. The Hall–Kier alpha value is -0.0600. The monoisotopic (exact) mass is 393 g/mol. The number of carbonyl (C=O) groups is 1. The molecular formula is C13H14Br2ClNO. The molecule has 0 radical (unpaired) electrons. The van der Waals surface area contributed by atoms with Crippen LogP contribution in [0.4, 0.5) is 0 Å². The fourth-order valence-corrected chi connectivity index (χ4v) is 3.78. The lowest BCUT2D eigenvalue weighted by molar-refractivity contribution is 0.0684. The van der Waals surface area contributed by atoms with Crippen LogP contribution in [0.2, 0.25) is 0 Å². The lowest BCUT2D eigenvalue weighted by Gasteiger charge is -2.32. The smallest absolute Gasteiger partial charge is 0.253 e. The van der Waals surface area contributed by atoms with Gasteiger partial charge in [-0.3, -0.25) is 4.79 Å². The van der Waals surface area contributed by atoms with Gasteiger partial charge in [-0.15, -0.1) is 11.6 Å². The number of amides is 1. The Kier molecular flexibility index (Phi) is 5.10. The van der Waals surface area contributed by atoms with Gasteiger partial charge in [-0.2, -0.15) is 0 Å². The SMILES string of the molecule is O=C(c1cc(Br)cc(Br)c1)N1CCCC(CCl)C1. The van der Waals surface area contributed by atoms with E-state index in [1.165, 1.54) is 0 Å². The Morgan fingerprint density at radius 1 is 1.33 bits per heavy atom. The molecule has 1 aliphatic heterocycles. The summed E-state index contributed by atoms with van der Waals surface area (Å²) in [5.74, 6) is 1.15. The molecule has 1 amide bonds. The molecular weight excluding hydrogens is 381 g/mol. The quantitative estimate of drug-likeness (QED) is 0.684. The van der Waals surface area contributed by atoms with Gasteiger partial charge in [0.15, 0.2) is 0 Å². The van der Waals surface area contributed by atoms with Gasteiger partial charge in [0.1, 0.15) is 0 Å². The van der Waals surface area contributed by atoms with Gasteiger partial charge in [0.05, 0.1) is 0 Å². The molecule has 1 aromatic carbocycles. The highest BCUT2D eigenvalue weighted by molar-refractivity contribution is 9.11. The van der Waals surface area contributed by atoms with Crippen molar-refractivity contribution < 1.29 is 4.79 Å². The summed E-state index contributed by atoms with van der Waals surface area (Å²) in [6, 6.07) is 5.64. The number of piperidine rings is 1. The first-order valence-corrected chi connectivity index (χ1v) is 8.03. The molecule has 1 heterocycles. The van der Waals surface area contributed by atoms with Gasteiger partial charge in [-0.1, -0.05) is 31.9 Å². The molecule has 98 valence electrons. The van der Waals surface area contributed by atoms with E-state index < -0.39 is 0 Å². The Morgan fingerprint density at radius 2 is 2.00 bits per heavy atom. The van der Waals surface area contributed by atoms with Crippen molar-refractivity contribution in [2.24, 2.45) is 5.92 Å². The summed E-state index contributed by atoms with van der Waals surface area (Å²) in [7, 11) is 0. The Bertz CT molecular complexity index is 432. The van der Waals surface area contributed by atoms with Crippen molar-refractivity contribution in [2.75, 3.05) is 19.0 Å². The van der Waals surface area contributed by atoms with Crippen LogP contribution in [0.3, 0.4) is 0 Å². The zero-order chi connectivity index (χ0) is 13.1. The molecule has 2 rings (SSSR count). The maximum Gasteiger partial charge on any atom is 0.253 e. The van der Waals surface area contributed by atoms with Crippen LogP contribution < -0.4 is 0 Å². The number of alkyl halides is 1. The first-order chi connectivity index (χ1) is 8.60. The van der Waals surface area contributed by atoms with E-state index in [9.17, 15) is 4.79 Å². The second-order valence-corrected chi connectivity index (χ2v) is 6.71. The van der Waals surface area contributed by atoms with Crippen molar-refractivity contribution in [3.8, 4) is 0 Å². The average molecular weight is 396 g/mol. The van der Waals surface area contributed by atoms with Gasteiger partial charge in [-0.25, -0.2) is 0 Å². The summed E-state index contributed by atoms with van der Waals surface area (Å²) in [6.45, 7) is 1.60. The number of hydrogen-bond donors (Lipinski definition) is 0. The molecule has 2 nitrogen and oxygen atoms in total. The molecule has 1 fully saturated rings. The van der Waals surface area contributed by atoms with Gasteiger partial charge in [0, 0.05) is 33.5 Å². The van der Waals surface area contributed by atoms with Crippen LogP contribution in [0.5, 0.6) is 0 Å². The maximum absolute atomic E-state index is 12.4. The van der Waals surface area contributed by atoms with Gasteiger partial charge < -0.3 is 4.90 Å². The normalized spacial score (nSPS) is 19.9. The van der Waals surface area contributed by atoms with E-state index in [4.69, 9.17) is 11.6 Å². The third-order valence-corrected chi connectivity index (χ3v) is 4.49. The fraction of sp³-hybridized carbons (Fsp3) is 0.462. The van der Waals surface area contributed by atoms with E-state index in [2.05, 4.69) is 31.9 Å². The van der Waals surface area contributed by atoms with Crippen LogP contribution in [-0.2, 0) is 0 Å². The van der Waals surface area contributed by atoms with E-state index in [1.54, 1.807) is 0 Å². The van der Waals surface area contributed by atoms with E-state index in [0.29, 0.717) is 17.4 Å². The van der Waals surface area contributed by atoms with Crippen LogP contribution in [0, 0.1) is 5.92 Å². The molecule has 18 heavy (non-hydrogen) atoms. The number of nitrogens with zero attached hydrogens (tertiary/aromatic N) is 1. The molecule has 0 bridgehead atoms. The molecule has 1 aromatic rings. The average Bonchev–Trinajstić information content (AvgIpc) is 2.37. The second kappa shape index (κ2) is 6.40. The zero-order valence-corrected chi connectivity index (χ0v) is 13.8. The summed E-state index contributed by atoms with van der Waals surface area (Å²) < 4.78 is 1.82. The molecule has 0 spiro atoms. The number of halogens is 3. The van der Waals surface area contributed by atoms with Crippen LogP contribution in [0.1, 0.15) is 23.2 Å². The summed E-state index contributed by atoms with van der Waals surface area (Å²) in [5, 5.41) is 0. The van der Waals surface area contributed by atoms with Crippen molar-refractivity contribution in [1.29, 1.82) is 0 Å². The predicted molar refractivity (Wildman–Crippen MR) is 81.2 cm³/mol. The van der Waals surface area contributed by atoms with Crippen LogP contribution in [0.25, 0.3) is 0 Å². The second-order valence-electron chi connectivity index (χ2n) is 4.57. The molecule has 0 aliphatic carbocycles. The molecule has 1 aliphatic rings. The minimum absolute atomic E-state index is 0.0896. The molecule has 0 saturated carbocycles. The third-order valence-electron chi connectivity index (χ3n) is 3.13. The lowest BCUT2D eigenvalue weighted by Crippen LogP contribution is -2.40. The zero-order valence-electron chi connectivity index (χ0n) is 9.83. The largest absolute Gasteiger partial charge is 0.338 e. The van der Waals surface area contributed by atoms with E-state index in [0.717, 1.165) is 34.9 Å².